The van der Waals surface area contributed by atoms with Gasteiger partial charge in [-0.3, -0.25) is 14.4 Å². The molecular formula is C24H19ClF4N2O3. The highest BCUT2D eigenvalue weighted by molar-refractivity contribution is 6.31. The van der Waals surface area contributed by atoms with Gasteiger partial charge in [-0.15, -0.1) is 0 Å². The Morgan fingerprint density at radius 1 is 1.09 bits per heavy atom. The number of ketones is 1. The number of hydrogen-bond acceptors (Lipinski definition) is 3. The normalized spacial score (nSPS) is 12.3. The molecule has 0 fully saturated rings. The van der Waals surface area contributed by atoms with E-state index < -0.39 is 35.9 Å². The number of rotatable bonds is 7. The van der Waals surface area contributed by atoms with E-state index in [0.29, 0.717) is 16.1 Å². The van der Waals surface area contributed by atoms with Gasteiger partial charge in [-0.25, -0.2) is 4.39 Å². The zero-order chi connectivity index (χ0) is 25.0. The van der Waals surface area contributed by atoms with Crippen LogP contribution < -0.4 is 10.9 Å². The maximum atomic E-state index is 14.8. The van der Waals surface area contributed by atoms with Gasteiger partial charge in [0.2, 0.25) is 5.56 Å². The minimum Gasteiger partial charge on any atom is -0.343 e. The molecule has 0 saturated heterocycles. The first-order valence-corrected chi connectivity index (χ1v) is 10.4. The zero-order valence-corrected chi connectivity index (χ0v) is 18.6. The number of carbonyl (C=O) groups excluding carboxylic acids is 2. The van der Waals surface area contributed by atoms with E-state index >= 15 is 0 Å². The Morgan fingerprint density at radius 2 is 1.79 bits per heavy atom. The first-order chi connectivity index (χ1) is 16.0. The summed E-state index contributed by atoms with van der Waals surface area (Å²) in [5.41, 5.74) is 0.242. The molecule has 3 rings (SSSR count). The van der Waals surface area contributed by atoms with E-state index in [4.69, 9.17) is 11.6 Å². The molecule has 0 aliphatic rings. The molecule has 10 heteroatoms. The van der Waals surface area contributed by atoms with Crippen LogP contribution in [0.4, 0.5) is 17.6 Å². The van der Waals surface area contributed by atoms with Crippen molar-refractivity contribution in [3.05, 3.63) is 104 Å². The van der Waals surface area contributed by atoms with E-state index in [-0.39, 0.29) is 23.3 Å². The van der Waals surface area contributed by atoms with Crippen molar-refractivity contribution in [2.45, 2.75) is 18.5 Å². The molecule has 0 bridgehead atoms. The number of aryl methyl sites for hydroxylation is 1. The van der Waals surface area contributed by atoms with E-state index in [9.17, 15) is 31.9 Å². The zero-order valence-electron chi connectivity index (χ0n) is 17.8. The van der Waals surface area contributed by atoms with Gasteiger partial charge in [-0.05, 0) is 35.4 Å². The molecule has 0 aliphatic carbocycles. The van der Waals surface area contributed by atoms with Crippen LogP contribution >= 0.6 is 11.6 Å². The summed E-state index contributed by atoms with van der Waals surface area (Å²) in [5, 5.41) is 1.95. The van der Waals surface area contributed by atoms with Crippen molar-refractivity contribution >= 4 is 23.3 Å². The van der Waals surface area contributed by atoms with Gasteiger partial charge in [-0.2, -0.15) is 13.2 Å². The fraction of sp³-hybridized carbons (Fsp3) is 0.208. The molecule has 1 unspecified atom stereocenters. The summed E-state index contributed by atoms with van der Waals surface area (Å²) in [4.78, 5) is 36.6. The molecule has 3 aromatic rings. The number of nitrogens with one attached hydrogen (secondary N) is 1. The third-order valence-electron chi connectivity index (χ3n) is 5.17. The number of halogens is 5. The number of Topliss-reactive ketones (excluding diaryl/α,β-unsaturated/α-hetero) is 1. The summed E-state index contributed by atoms with van der Waals surface area (Å²) in [6.07, 6.45) is -3.38. The minimum absolute atomic E-state index is 0.138. The number of aromatic nitrogens is 1. The second kappa shape index (κ2) is 10.2. The Labute approximate surface area is 197 Å². The molecule has 1 N–H and O–H groups in total. The first kappa shape index (κ1) is 25.2. The Balaban J connectivity index is 1.95. The maximum absolute atomic E-state index is 14.8. The van der Waals surface area contributed by atoms with Crippen LogP contribution in [-0.4, -0.2) is 29.0 Å². The summed E-state index contributed by atoms with van der Waals surface area (Å²) in [6, 6.07) is 12.7. The number of hydrogen-bond donors (Lipinski definition) is 1. The number of benzene rings is 2. The second-order valence-corrected chi connectivity index (χ2v) is 8.01. The van der Waals surface area contributed by atoms with Gasteiger partial charge in [-0.1, -0.05) is 35.9 Å². The minimum atomic E-state index is -4.64. The van der Waals surface area contributed by atoms with E-state index in [1.165, 1.54) is 36.0 Å². The van der Waals surface area contributed by atoms with E-state index in [2.05, 4.69) is 0 Å². The molecule has 34 heavy (non-hydrogen) atoms. The number of nitrogens with zero attached hydrogens (tertiary/aromatic N) is 1. The van der Waals surface area contributed by atoms with Crippen molar-refractivity contribution < 1.29 is 27.2 Å². The molecule has 2 aromatic carbocycles. The van der Waals surface area contributed by atoms with Crippen LogP contribution in [0.15, 0.2) is 65.6 Å². The van der Waals surface area contributed by atoms with Crippen molar-refractivity contribution in [2.75, 3.05) is 6.54 Å². The van der Waals surface area contributed by atoms with Crippen LogP contribution in [0.25, 0.3) is 0 Å². The lowest BCUT2D eigenvalue weighted by molar-refractivity contribution is -0.123. The summed E-state index contributed by atoms with van der Waals surface area (Å²) in [6.45, 7) is -1.59. The lowest BCUT2D eigenvalue weighted by Gasteiger charge is -2.20. The average Bonchev–Trinajstić information content (AvgIpc) is 2.77. The number of carbonyl (C=O) groups is 2. The van der Waals surface area contributed by atoms with Crippen LogP contribution in [0.5, 0.6) is 0 Å². The number of pyridine rings is 1. The molecule has 1 amide bonds. The topological polar surface area (TPSA) is 68.2 Å². The quantitative estimate of drug-likeness (QED) is 0.376. The van der Waals surface area contributed by atoms with Crippen LogP contribution in [0.2, 0.25) is 5.02 Å². The highest BCUT2D eigenvalue weighted by Gasteiger charge is 2.29. The predicted octanol–water partition coefficient (Wildman–Crippen LogP) is 4.87. The van der Waals surface area contributed by atoms with Crippen molar-refractivity contribution in [3.8, 4) is 0 Å². The largest absolute Gasteiger partial charge is 0.405 e. The van der Waals surface area contributed by atoms with E-state index in [1.807, 2.05) is 0 Å². The molecule has 1 aromatic heterocycles. The molecule has 0 radical (unpaired) electrons. The van der Waals surface area contributed by atoms with Crippen molar-refractivity contribution in [1.82, 2.24) is 9.88 Å². The van der Waals surface area contributed by atoms with Gasteiger partial charge in [0.25, 0.3) is 5.91 Å². The number of alkyl halides is 3. The van der Waals surface area contributed by atoms with Gasteiger partial charge in [0.1, 0.15) is 12.4 Å². The number of amides is 1. The molecule has 0 spiro atoms. The van der Waals surface area contributed by atoms with Crippen LogP contribution in [0.3, 0.4) is 0 Å². The molecule has 1 atom stereocenters. The predicted molar refractivity (Wildman–Crippen MR) is 119 cm³/mol. The molecule has 5 nitrogen and oxygen atoms in total. The molecule has 0 aliphatic heterocycles. The average molecular weight is 495 g/mol. The summed E-state index contributed by atoms with van der Waals surface area (Å²) >= 11 is 6.33. The van der Waals surface area contributed by atoms with Crippen LogP contribution in [0, 0.1) is 5.82 Å². The third kappa shape index (κ3) is 6.11. The van der Waals surface area contributed by atoms with Crippen molar-refractivity contribution in [3.63, 3.8) is 0 Å². The van der Waals surface area contributed by atoms with Gasteiger partial charge < -0.3 is 9.88 Å². The van der Waals surface area contributed by atoms with Crippen LogP contribution in [0.1, 0.15) is 44.2 Å². The van der Waals surface area contributed by atoms with Gasteiger partial charge >= 0.3 is 6.18 Å². The van der Waals surface area contributed by atoms with Crippen molar-refractivity contribution in [1.29, 1.82) is 0 Å². The molecular weight excluding hydrogens is 476 g/mol. The lowest BCUT2D eigenvalue weighted by atomic mass is 9.85. The third-order valence-corrected chi connectivity index (χ3v) is 5.51. The highest BCUT2D eigenvalue weighted by atomic mass is 35.5. The van der Waals surface area contributed by atoms with Crippen molar-refractivity contribution in [2.24, 2.45) is 7.05 Å². The Bertz CT molecular complexity index is 1290. The maximum Gasteiger partial charge on any atom is 0.405 e. The summed E-state index contributed by atoms with van der Waals surface area (Å²) < 4.78 is 53.1. The fourth-order valence-corrected chi connectivity index (χ4v) is 3.70. The summed E-state index contributed by atoms with van der Waals surface area (Å²) in [7, 11) is 1.50. The molecule has 178 valence electrons. The summed E-state index contributed by atoms with van der Waals surface area (Å²) in [5.74, 6) is -3.31. The van der Waals surface area contributed by atoms with Crippen LogP contribution in [-0.2, 0) is 7.05 Å². The van der Waals surface area contributed by atoms with Gasteiger partial charge in [0, 0.05) is 42.2 Å². The van der Waals surface area contributed by atoms with Gasteiger partial charge in [0.05, 0.1) is 5.56 Å². The molecule has 0 saturated carbocycles. The monoisotopic (exact) mass is 494 g/mol. The SMILES string of the molecule is Cn1cc(C(=O)CC(c2ccc(C(=O)NCC(F)(F)F)c(F)c2)c2ccccc2Cl)ccc1=O. The van der Waals surface area contributed by atoms with E-state index in [0.717, 1.165) is 12.1 Å². The second-order valence-electron chi connectivity index (χ2n) is 7.61. The first-order valence-electron chi connectivity index (χ1n) is 10.0. The Kier molecular flexibility index (Phi) is 7.56. The lowest BCUT2D eigenvalue weighted by Crippen LogP contribution is -2.34. The standard InChI is InChI=1S/C24H19ClF4N2O3/c1-31-12-15(7-9-22(31)33)21(32)11-18(16-4-2-3-5-19(16)25)14-6-8-17(20(26)10-14)23(34)30-13-24(27,28)29/h2-10,12,18H,11,13H2,1H3,(H,30,34). The smallest absolute Gasteiger partial charge is 0.343 e. The molecule has 1 heterocycles. The Hall–Kier alpha value is -3.46. The fourth-order valence-electron chi connectivity index (χ4n) is 3.44. The van der Waals surface area contributed by atoms with E-state index in [1.54, 1.807) is 29.6 Å². The highest BCUT2D eigenvalue weighted by Crippen LogP contribution is 2.34. The Morgan fingerprint density at radius 3 is 2.41 bits per heavy atom. The van der Waals surface area contributed by atoms with Gasteiger partial charge in [0.15, 0.2) is 5.78 Å².